The maximum Gasteiger partial charge on any atom is 0.248 e. The minimum absolute atomic E-state index is 0.217. The molecule has 0 fully saturated rings. The van der Waals surface area contributed by atoms with Gasteiger partial charge in [-0.1, -0.05) is 68.5 Å². The zero-order valence-corrected chi connectivity index (χ0v) is 27.0. The lowest BCUT2D eigenvalue weighted by molar-refractivity contribution is 0.176. The molecule has 1 aromatic heterocycles. The maximum atomic E-state index is 12.1. The van der Waals surface area contributed by atoms with Gasteiger partial charge in [-0.25, -0.2) is 0 Å². The average molecular weight is 659 g/mol. The highest BCUT2D eigenvalue weighted by atomic mass is 79.9. The summed E-state index contributed by atoms with van der Waals surface area (Å²) in [4.78, 5) is 15.0. The number of fused-ring (bicyclic) bond motifs is 1. The highest BCUT2D eigenvalue weighted by Gasteiger charge is 2.15. The summed E-state index contributed by atoms with van der Waals surface area (Å²) >= 11 is 3.58. The molecule has 0 saturated heterocycles. The summed E-state index contributed by atoms with van der Waals surface area (Å²) in [5.41, 5.74) is 5.30. The van der Waals surface area contributed by atoms with E-state index in [1.165, 1.54) is 11.6 Å². The van der Waals surface area contributed by atoms with E-state index in [0.717, 1.165) is 51.0 Å². The van der Waals surface area contributed by atoms with E-state index in [9.17, 15) is 9.90 Å². The molecule has 0 saturated carbocycles. The Hall–Kier alpha value is -4.11. The fourth-order valence-corrected chi connectivity index (χ4v) is 5.38. The highest BCUT2D eigenvalue weighted by Crippen LogP contribution is 2.30. The van der Waals surface area contributed by atoms with Crippen molar-refractivity contribution in [2.75, 3.05) is 25.5 Å². The number of hydrogen-bond donors (Lipinski definition) is 4. The number of nitrogens with one attached hydrogen (secondary N) is 3. The predicted molar refractivity (Wildman–Crippen MR) is 183 cm³/mol. The van der Waals surface area contributed by atoms with E-state index in [2.05, 4.69) is 61.9 Å². The van der Waals surface area contributed by atoms with Gasteiger partial charge in [0.1, 0.15) is 18.1 Å². The van der Waals surface area contributed by atoms with E-state index in [0.29, 0.717) is 31.0 Å². The number of aromatic amines is 1. The Bertz CT molecular complexity index is 1660. The first-order chi connectivity index (χ1) is 21.5. The van der Waals surface area contributed by atoms with Crippen LogP contribution in [0, 0.1) is 0 Å². The second-order valence-corrected chi connectivity index (χ2v) is 10.9. The third kappa shape index (κ3) is 8.95. The zero-order chi connectivity index (χ0) is 31.3. The van der Waals surface area contributed by atoms with Gasteiger partial charge in [0.05, 0.1) is 23.2 Å². The molecule has 4 N–H and O–H groups in total. The lowest BCUT2D eigenvalue weighted by atomic mass is 10.0. The van der Waals surface area contributed by atoms with Crippen LogP contribution < -0.4 is 20.9 Å². The van der Waals surface area contributed by atoms with Gasteiger partial charge in [-0.2, -0.15) is 0 Å². The number of ether oxygens (including phenoxy) is 2. The van der Waals surface area contributed by atoms with Crippen LogP contribution in [0.1, 0.15) is 43.1 Å². The van der Waals surface area contributed by atoms with Crippen molar-refractivity contribution in [3.05, 3.63) is 140 Å². The Kier molecular flexibility index (Phi) is 12.4. The summed E-state index contributed by atoms with van der Waals surface area (Å²) in [7, 11) is 1.68. The van der Waals surface area contributed by atoms with E-state index in [1.807, 2.05) is 68.5 Å². The van der Waals surface area contributed by atoms with Crippen molar-refractivity contribution in [1.82, 2.24) is 10.3 Å². The van der Waals surface area contributed by atoms with E-state index >= 15 is 0 Å². The lowest BCUT2D eigenvalue weighted by Gasteiger charge is -2.17. The van der Waals surface area contributed by atoms with Crippen LogP contribution in [0.5, 0.6) is 5.75 Å². The Morgan fingerprint density at radius 2 is 1.75 bits per heavy atom. The summed E-state index contributed by atoms with van der Waals surface area (Å²) in [5, 5.41) is 18.6. The number of pyridine rings is 1. The highest BCUT2D eigenvalue weighted by molar-refractivity contribution is 9.11. The maximum absolute atomic E-state index is 12.1. The fraction of sp³-hybridized carbons (Fsp3) is 0.250. The molecule has 4 aromatic rings. The van der Waals surface area contributed by atoms with Gasteiger partial charge in [-0.15, -0.1) is 0 Å². The normalized spacial score (nSPS) is 13.4. The van der Waals surface area contributed by atoms with Gasteiger partial charge in [-0.3, -0.25) is 4.79 Å². The minimum Gasteiger partial charge on any atom is -0.500 e. The Morgan fingerprint density at radius 3 is 2.50 bits per heavy atom. The minimum atomic E-state index is -0.749. The van der Waals surface area contributed by atoms with Crippen LogP contribution in [0.3, 0.4) is 0 Å². The summed E-state index contributed by atoms with van der Waals surface area (Å²) in [6.45, 7) is 5.47. The zero-order valence-electron chi connectivity index (χ0n) is 25.4. The van der Waals surface area contributed by atoms with Crippen LogP contribution in [0.2, 0.25) is 0 Å². The second kappa shape index (κ2) is 16.7. The van der Waals surface area contributed by atoms with Crippen molar-refractivity contribution in [2.45, 2.75) is 39.4 Å². The van der Waals surface area contributed by atoms with E-state index in [-0.39, 0.29) is 5.56 Å². The van der Waals surface area contributed by atoms with E-state index in [1.54, 1.807) is 13.2 Å². The number of halogens is 1. The molecule has 0 amide bonds. The summed E-state index contributed by atoms with van der Waals surface area (Å²) < 4.78 is 12.4. The molecule has 8 heteroatoms. The standard InChI is InChI=1S/C34H34BrN3O4.C2H6/c1-41-31-9-5-8-26(20-29(31)35)37-25-12-10-23(11-13-25)18-19-36-21-30(39)27-14-16-32(34-28(27)15-17-33(40)38-34)42-22-24-6-3-2-4-7-24;1-2/h2-8,10-17,20,30,36-37,39H,9,18-19,21-22H2,1H3,(H,38,40);1-2H3/t30-;/m0./s1. The van der Waals surface area contributed by atoms with Crippen LogP contribution in [0.4, 0.5) is 5.69 Å². The second-order valence-electron chi connectivity index (χ2n) is 10.0. The van der Waals surface area contributed by atoms with Gasteiger partial charge in [0.15, 0.2) is 0 Å². The molecule has 5 rings (SSSR count). The molecule has 1 atom stereocenters. The average Bonchev–Trinajstić information content (AvgIpc) is 3.23. The molecule has 7 nitrogen and oxygen atoms in total. The Morgan fingerprint density at radius 1 is 0.977 bits per heavy atom. The van der Waals surface area contributed by atoms with Crippen LogP contribution >= 0.6 is 15.9 Å². The largest absolute Gasteiger partial charge is 0.500 e. The number of allylic oxidation sites excluding steroid dienone is 4. The van der Waals surface area contributed by atoms with Gasteiger partial charge in [0.25, 0.3) is 0 Å². The number of aliphatic hydroxyl groups is 1. The molecule has 1 heterocycles. The molecule has 44 heavy (non-hydrogen) atoms. The third-order valence-electron chi connectivity index (χ3n) is 7.05. The molecular weight excluding hydrogens is 618 g/mol. The fourth-order valence-electron chi connectivity index (χ4n) is 4.81. The number of H-pyrrole nitrogens is 1. The molecular formula is C36H40BrN3O4. The predicted octanol–water partition coefficient (Wildman–Crippen LogP) is 7.51. The summed E-state index contributed by atoms with van der Waals surface area (Å²) in [6, 6.07) is 25.1. The Labute approximate surface area is 267 Å². The molecule has 230 valence electrons. The number of aliphatic hydroxyl groups excluding tert-OH is 1. The van der Waals surface area contributed by atoms with Crippen LogP contribution in [-0.2, 0) is 17.8 Å². The number of hydrogen-bond acceptors (Lipinski definition) is 6. The molecule has 0 bridgehead atoms. The van der Waals surface area contributed by atoms with Gasteiger partial charge in [-0.05, 0) is 82.0 Å². The van der Waals surface area contributed by atoms with Crippen molar-refractivity contribution in [3.8, 4) is 5.75 Å². The first kappa shape index (κ1) is 32.8. The van der Waals surface area contributed by atoms with Gasteiger partial charge < -0.3 is 30.2 Å². The van der Waals surface area contributed by atoms with Crippen molar-refractivity contribution in [2.24, 2.45) is 0 Å². The summed E-state index contributed by atoms with van der Waals surface area (Å²) in [6.07, 6.45) is 6.93. The molecule has 0 spiro atoms. The number of aromatic nitrogens is 1. The molecule has 3 aromatic carbocycles. The smallest absolute Gasteiger partial charge is 0.248 e. The molecule has 0 aliphatic heterocycles. The summed E-state index contributed by atoms with van der Waals surface area (Å²) in [5.74, 6) is 1.47. The van der Waals surface area contributed by atoms with Crippen molar-refractivity contribution < 1.29 is 14.6 Å². The molecule has 0 unspecified atom stereocenters. The molecule has 1 aliphatic carbocycles. The first-order valence-electron chi connectivity index (χ1n) is 14.9. The third-order valence-corrected chi connectivity index (χ3v) is 7.72. The number of anilines is 1. The van der Waals surface area contributed by atoms with Gasteiger partial charge in [0, 0.05) is 35.8 Å². The number of methoxy groups -OCH3 is 1. The number of benzene rings is 3. The van der Waals surface area contributed by atoms with Gasteiger partial charge >= 0.3 is 0 Å². The van der Waals surface area contributed by atoms with Crippen molar-refractivity contribution >= 4 is 32.5 Å². The lowest BCUT2D eigenvalue weighted by Crippen LogP contribution is -2.24. The van der Waals surface area contributed by atoms with Crippen molar-refractivity contribution in [1.29, 1.82) is 0 Å². The van der Waals surface area contributed by atoms with Crippen LogP contribution in [0.25, 0.3) is 10.9 Å². The quantitative estimate of drug-likeness (QED) is 0.118. The first-order valence-corrected chi connectivity index (χ1v) is 15.7. The SMILES string of the molecule is CC.COC1=C(Br)C=C(Nc2ccc(CCNC[C@H](O)c3ccc(OCc4ccccc4)c4[nH]c(=O)ccc34)cc2)C=CC1. The van der Waals surface area contributed by atoms with E-state index in [4.69, 9.17) is 9.47 Å². The van der Waals surface area contributed by atoms with E-state index < -0.39 is 6.10 Å². The topological polar surface area (TPSA) is 95.6 Å². The van der Waals surface area contributed by atoms with Crippen LogP contribution in [-0.4, -0.2) is 30.3 Å². The van der Waals surface area contributed by atoms with Gasteiger partial charge in [0.2, 0.25) is 5.56 Å². The molecule has 0 radical (unpaired) electrons. The molecule has 1 aliphatic rings. The Balaban J connectivity index is 0.00000216. The van der Waals surface area contributed by atoms with Crippen molar-refractivity contribution in [3.63, 3.8) is 0 Å². The monoisotopic (exact) mass is 657 g/mol. The number of rotatable bonds is 12. The van der Waals surface area contributed by atoms with Crippen LogP contribution in [0.15, 0.2) is 118 Å².